The Morgan fingerprint density at radius 3 is 2.32 bits per heavy atom. The third-order valence-electron chi connectivity index (χ3n) is 4.70. The SMILES string of the molecule is COCC1(COC)CC2(CCC(CO)CC2)NC1=O. The lowest BCUT2D eigenvalue weighted by molar-refractivity contribution is -0.133. The fraction of sp³-hybridized carbons (Fsp3) is 0.929. The summed E-state index contributed by atoms with van der Waals surface area (Å²) in [7, 11) is 3.25. The third kappa shape index (κ3) is 2.78. The molecule has 1 amide bonds. The van der Waals surface area contributed by atoms with Gasteiger partial charge in [0.1, 0.15) is 0 Å². The molecule has 2 rings (SSSR count). The van der Waals surface area contributed by atoms with Gasteiger partial charge in [-0.25, -0.2) is 0 Å². The van der Waals surface area contributed by atoms with E-state index in [4.69, 9.17) is 9.47 Å². The van der Waals surface area contributed by atoms with Crippen LogP contribution in [0.5, 0.6) is 0 Å². The largest absolute Gasteiger partial charge is 0.396 e. The van der Waals surface area contributed by atoms with E-state index in [-0.39, 0.29) is 18.1 Å². The van der Waals surface area contributed by atoms with Gasteiger partial charge in [0.05, 0.1) is 18.6 Å². The number of methoxy groups -OCH3 is 2. The predicted molar refractivity (Wildman–Crippen MR) is 70.7 cm³/mol. The molecule has 1 spiro atoms. The maximum atomic E-state index is 12.4. The predicted octanol–water partition coefficient (Wildman–Crippen LogP) is 0.707. The Hall–Kier alpha value is -0.650. The van der Waals surface area contributed by atoms with Crippen LogP contribution in [0.2, 0.25) is 0 Å². The van der Waals surface area contributed by atoms with Crippen LogP contribution in [0, 0.1) is 11.3 Å². The molecule has 2 N–H and O–H groups in total. The standard InChI is InChI=1S/C14H25NO4/c1-18-9-13(10-19-2)8-14(15-12(13)17)5-3-11(7-16)4-6-14/h11,16H,3-10H2,1-2H3,(H,15,17). The molecule has 1 aliphatic heterocycles. The molecule has 1 saturated carbocycles. The molecule has 19 heavy (non-hydrogen) atoms. The van der Waals surface area contributed by atoms with Crippen molar-refractivity contribution in [3.05, 3.63) is 0 Å². The summed E-state index contributed by atoms with van der Waals surface area (Å²) in [5.41, 5.74) is -0.657. The molecule has 1 heterocycles. The third-order valence-corrected chi connectivity index (χ3v) is 4.70. The van der Waals surface area contributed by atoms with Gasteiger partial charge in [-0.15, -0.1) is 0 Å². The maximum absolute atomic E-state index is 12.4. The number of rotatable bonds is 5. The lowest BCUT2D eigenvalue weighted by Crippen LogP contribution is -2.45. The topological polar surface area (TPSA) is 67.8 Å². The highest BCUT2D eigenvalue weighted by molar-refractivity contribution is 5.86. The summed E-state index contributed by atoms with van der Waals surface area (Å²) in [6.45, 7) is 1.06. The van der Waals surface area contributed by atoms with Crippen molar-refractivity contribution in [2.45, 2.75) is 37.6 Å². The Balaban J connectivity index is 2.09. The number of amides is 1. The van der Waals surface area contributed by atoms with Crippen LogP contribution in [0.4, 0.5) is 0 Å². The summed E-state index contributed by atoms with van der Waals surface area (Å²) in [6, 6.07) is 0. The second-order valence-electron chi connectivity index (χ2n) is 6.18. The molecule has 2 fully saturated rings. The molecule has 0 atom stereocenters. The van der Waals surface area contributed by atoms with Gasteiger partial charge >= 0.3 is 0 Å². The lowest BCUT2D eigenvalue weighted by Gasteiger charge is -2.37. The van der Waals surface area contributed by atoms with Crippen molar-refractivity contribution in [3.63, 3.8) is 0 Å². The quantitative estimate of drug-likeness (QED) is 0.772. The van der Waals surface area contributed by atoms with Crippen LogP contribution in [0.25, 0.3) is 0 Å². The van der Waals surface area contributed by atoms with E-state index in [1.165, 1.54) is 0 Å². The molecule has 0 radical (unpaired) electrons. The van der Waals surface area contributed by atoms with Gasteiger partial charge in [0.15, 0.2) is 0 Å². The summed E-state index contributed by atoms with van der Waals surface area (Å²) in [6.07, 6.45) is 4.62. The summed E-state index contributed by atoms with van der Waals surface area (Å²) in [4.78, 5) is 12.4. The van der Waals surface area contributed by atoms with Crippen molar-refractivity contribution in [1.29, 1.82) is 0 Å². The first-order valence-corrected chi connectivity index (χ1v) is 7.01. The first kappa shape index (κ1) is 14.8. The molecular formula is C14H25NO4. The zero-order valence-electron chi connectivity index (χ0n) is 11.9. The number of nitrogens with one attached hydrogen (secondary N) is 1. The number of hydrogen-bond donors (Lipinski definition) is 2. The fourth-order valence-corrected chi connectivity index (χ4v) is 3.69. The van der Waals surface area contributed by atoms with Crippen molar-refractivity contribution in [1.82, 2.24) is 5.32 Å². The van der Waals surface area contributed by atoms with Crippen LogP contribution >= 0.6 is 0 Å². The van der Waals surface area contributed by atoms with Crippen molar-refractivity contribution in [2.24, 2.45) is 11.3 Å². The molecule has 0 aromatic rings. The number of ether oxygens (including phenoxy) is 2. The van der Waals surface area contributed by atoms with Crippen molar-refractivity contribution < 1.29 is 19.4 Å². The minimum Gasteiger partial charge on any atom is -0.396 e. The zero-order valence-corrected chi connectivity index (χ0v) is 11.9. The lowest BCUT2D eigenvalue weighted by atomic mass is 9.71. The average Bonchev–Trinajstić information content (AvgIpc) is 2.64. The van der Waals surface area contributed by atoms with Crippen LogP contribution in [0.15, 0.2) is 0 Å². The zero-order chi connectivity index (χ0) is 13.9. The van der Waals surface area contributed by atoms with Gasteiger partial charge < -0.3 is 19.9 Å². The van der Waals surface area contributed by atoms with Crippen molar-refractivity contribution >= 4 is 5.91 Å². The first-order chi connectivity index (χ1) is 9.10. The molecule has 5 heteroatoms. The van der Waals surface area contributed by atoms with Crippen LogP contribution in [-0.4, -0.2) is 50.6 Å². The number of carbonyl (C=O) groups is 1. The molecule has 1 aliphatic carbocycles. The highest BCUT2D eigenvalue weighted by atomic mass is 16.5. The number of aliphatic hydroxyl groups is 1. The summed E-state index contributed by atoms with van der Waals surface area (Å²) in [5, 5.41) is 12.4. The van der Waals surface area contributed by atoms with Gasteiger partial charge in [-0.2, -0.15) is 0 Å². The van der Waals surface area contributed by atoms with Crippen LogP contribution in [0.1, 0.15) is 32.1 Å². The average molecular weight is 271 g/mol. The second-order valence-corrected chi connectivity index (χ2v) is 6.18. The second kappa shape index (κ2) is 5.77. The van der Waals surface area contributed by atoms with Crippen molar-refractivity contribution in [2.75, 3.05) is 34.0 Å². The monoisotopic (exact) mass is 271 g/mol. The number of aliphatic hydroxyl groups excluding tert-OH is 1. The van der Waals surface area contributed by atoms with Gasteiger partial charge in [0.25, 0.3) is 0 Å². The molecule has 1 saturated heterocycles. The van der Waals surface area contributed by atoms with Gasteiger partial charge in [-0.1, -0.05) is 0 Å². The molecule has 110 valence electrons. The van der Waals surface area contributed by atoms with E-state index < -0.39 is 5.41 Å². The molecule has 5 nitrogen and oxygen atoms in total. The Labute approximate surface area is 114 Å². The molecular weight excluding hydrogens is 246 g/mol. The van der Waals surface area contributed by atoms with Gasteiger partial charge in [0, 0.05) is 26.4 Å². The fourth-order valence-electron chi connectivity index (χ4n) is 3.69. The van der Waals surface area contributed by atoms with E-state index in [9.17, 15) is 9.90 Å². The summed E-state index contributed by atoms with van der Waals surface area (Å²) in [5.74, 6) is 0.445. The van der Waals surface area contributed by atoms with Crippen molar-refractivity contribution in [3.8, 4) is 0 Å². The summed E-state index contributed by atoms with van der Waals surface area (Å²) >= 11 is 0. The van der Waals surface area contributed by atoms with E-state index >= 15 is 0 Å². The first-order valence-electron chi connectivity index (χ1n) is 7.01. The Morgan fingerprint density at radius 2 is 1.84 bits per heavy atom. The molecule has 2 aliphatic rings. The Kier molecular flexibility index (Phi) is 4.48. The highest BCUT2D eigenvalue weighted by Gasteiger charge is 2.55. The minimum absolute atomic E-state index is 0.0543. The van der Waals surface area contributed by atoms with Gasteiger partial charge in [-0.05, 0) is 38.0 Å². The van der Waals surface area contributed by atoms with Gasteiger partial charge in [0.2, 0.25) is 5.91 Å². The number of carbonyl (C=O) groups excluding carboxylic acids is 1. The minimum atomic E-state index is -0.546. The van der Waals surface area contributed by atoms with E-state index in [2.05, 4.69) is 5.32 Å². The van der Waals surface area contributed by atoms with Crippen LogP contribution in [-0.2, 0) is 14.3 Å². The molecule has 0 aromatic heterocycles. The van der Waals surface area contributed by atoms with Gasteiger partial charge in [-0.3, -0.25) is 4.79 Å². The van der Waals surface area contributed by atoms with E-state index in [1.54, 1.807) is 14.2 Å². The van der Waals surface area contributed by atoms with E-state index in [0.717, 1.165) is 32.1 Å². The number of hydrogen-bond acceptors (Lipinski definition) is 4. The Morgan fingerprint density at radius 1 is 1.26 bits per heavy atom. The molecule has 0 unspecified atom stereocenters. The molecule has 0 bridgehead atoms. The van der Waals surface area contributed by atoms with E-state index in [1.807, 2.05) is 0 Å². The Bertz CT molecular complexity index is 317. The molecule has 0 aromatic carbocycles. The maximum Gasteiger partial charge on any atom is 0.231 e. The van der Waals surface area contributed by atoms with Crippen LogP contribution in [0.3, 0.4) is 0 Å². The smallest absolute Gasteiger partial charge is 0.231 e. The summed E-state index contributed by atoms with van der Waals surface area (Å²) < 4.78 is 10.5. The van der Waals surface area contributed by atoms with Crippen LogP contribution < -0.4 is 5.32 Å². The normalized spacial score (nSPS) is 33.6. The highest BCUT2D eigenvalue weighted by Crippen LogP contribution is 2.45. The van der Waals surface area contributed by atoms with E-state index in [0.29, 0.717) is 19.1 Å².